The molecule has 0 saturated carbocycles. The zero-order valence-electron chi connectivity index (χ0n) is 8.66. The summed E-state index contributed by atoms with van der Waals surface area (Å²) in [4.78, 5) is 2.61. The summed E-state index contributed by atoms with van der Waals surface area (Å²) in [5.41, 5.74) is 0. The normalized spacial score (nSPS) is 37.7. The van der Waals surface area contributed by atoms with E-state index in [1.807, 2.05) is 0 Å². The third-order valence-corrected chi connectivity index (χ3v) is 3.93. The van der Waals surface area contributed by atoms with Crippen LogP contribution in [0.3, 0.4) is 0 Å². The van der Waals surface area contributed by atoms with Crippen LogP contribution in [0.1, 0.15) is 38.5 Å². The van der Waals surface area contributed by atoms with Crippen molar-refractivity contribution in [3.63, 3.8) is 0 Å². The average Bonchev–Trinajstić information content (AvgIpc) is 2.42. The van der Waals surface area contributed by atoms with Crippen LogP contribution in [0.15, 0.2) is 0 Å². The Labute approximate surface area is 91.2 Å². The SMILES string of the molecule is OC1CC2CCC(C1)N2CCCCCl. The van der Waals surface area contributed by atoms with Gasteiger partial charge in [-0.05, 0) is 45.1 Å². The van der Waals surface area contributed by atoms with E-state index < -0.39 is 0 Å². The molecule has 2 unspecified atom stereocenters. The van der Waals surface area contributed by atoms with Crippen molar-refractivity contribution in [3.8, 4) is 0 Å². The first-order valence-electron chi connectivity index (χ1n) is 5.81. The molecule has 2 atom stereocenters. The monoisotopic (exact) mass is 217 g/mol. The van der Waals surface area contributed by atoms with Gasteiger partial charge in [0.15, 0.2) is 0 Å². The highest BCUT2D eigenvalue weighted by Gasteiger charge is 2.39. The summed E-state index contributed by atoms with van der Waals surface area (Å²) in [5, 5.41) is 9.63. The van der Waals surface area contributed by atoms with Gasteiger partial charge >= 0.3 is 0 Å². The van der Waals surface area contributed by atoms with Crippen LogP contribution in [0.5, 0.6) is 0 Å². The summed E-state index contributed by atoms with van der Waals surface area (Å²) in [6.07, 6.45) is 6.89. The van der Waals surface area contributed by atoms with Gasteiger partial charge in [0.2, 0.25) is 0 Å². The fourth-order valence-corrected chi connectivity index (χ4v) is 3.19. The van der Waals surface area contributed by atoms with Gasteiger partial charge in [0, 0.05) is 18.0 Å². The first-order chi connectivity index (χ1) is 6.81. The van der Waals surface area contributed by atoms with Gasteiger partial charge in [-0.2, -0.15) is 0 Å². The van der Waals surface area contributed by atoms with Gasteiger partial charge in [0.05, 0.1) is 6.10 Å². The first kappa shape index (κ1) is 10.7. The highest BCUT2D eigenvalue weighted by atomic mass is 35.5. The van der Waals surface area contributed by atoms with Crippen LogP contribution in [0.25, 0.3) is 0 Å². The van der Waals surface area contributed by atoms with E-state index in [4.69, 9.17) is 11.6 Å². The van der Waals surface area contributed by atoms with Crippen LogP contribution in [0.4, 0.5) is 0 Å². The summed E-state index contributed by atoms with van der Waals surface area (Å²) in [5.74, 6) is 0.784. The summed E-state index contributed by atoms with van der Waals surface area (Å²) in [6, 6.07) is 1.33. The smallest absolute Gasteiger partial charge is 0.0570 e. The molecule has 2 nitrogen and oxygen atoms in total. The van der Waals surface area contributed by atoms with Gasteiger partial charge in [-0.25, -0.2) is 0 Å². The van der Waals surface area contributed by atoms with Crippen LogP contribution in [0, 0.1) is 0 Å². The maximum atomic E-state index is 9.63. The first-order valence-corrected chi connectivity index (χ1v) is 6.34. The number of piperidine rings is 1. The third-order valence-electron chi connectivity index (χ3n) is 3.66. The molecule has 2 bridgehead atoms. The van der Waals surface area contributed by atoms with E-state index in [0.717, 1.165) is 25.1 Å². The van der Waals surface area contributed by atoms with Gasteiger partial charge in [-0.3, -0.25) is 4.90 Å². The number of halogens is 1. The molecule has 0 aliphatic carbocycles. The molecule has 0 spiro atoms. The molecule has 82 valence electrons. The number of nitrogens with zero attached hydrogens (tertiary/aromatic N) is 1. The van der Waals surface area contributed by atoms with E-state index in [0.29, 0.717) is 12.1 Å². The Morgan fingerprint density at radius 3 is 2.36 bits per heavy atom. The van der Waals surface area contributed by atoms with Gasteiger partial charge in [0.1, 0.15) is 0 Å². The van der Waals surface area contributed by atoms with Gasteiger partial charge in [-0.15, -0.1) is 11.6 Å². The highest BCUT2D eigenvalue weighted by Crippen LogP contribution is 2.35. The molecule has 2 aliphatic rings. The molecule has 1 N–H and O–H groups in total. The fraction of sp³-hybridized carbons (Fsp3) is 1.00. The van der Waals surface area contributed by atoms with Crippen LogP contribution in [-0.4, -0.2) is 40.6 Å². The summed E-state index contributed by atoms with van der Waals surface area (Å²) in [6.45, 7) is 1.19. The second kappa shape index (κ2) is 4.82. The van der Waals surface area contributed by atoms with Crippen LogP contribution >= 0.6 is 11.6 Å². The van der Waals surface area contributed by atoms with Crippen molar-refractivity contribution in [2.24, 2.45) is 0 Å². The van der Waals surface area contributed by atoms with E-state index >= 15 is 0 Å². The van der Waals surface area contributed by atoms with E-state index in [-0.39, 0.29) is 6.10 Å². The maximum Gasteiger partial charge on any atom is 0.0570 e. The number of alkyl halides is 1. The second-order valence-electron chi connectivity index (χ2n) is 4.64. The lowest BCUT2D eigenvalue weighted by molar-refractivity contribution is 0.0349. The lowest BCUT2D eigenvalue weighted by Crippen LogP contribution is -2.45. The average molecular weight is 218 g/mol. The molecule has 2 fully saturated rings. The number of unbranched alkanes of at least 4 members (excludes halogenated alkanes) is 1. The molecule has 2 heterocycles. The molecule has 0 aromatic carbocycles. The van der Waals surface area contributed by atoms with Crippen molar-refractivity contribution in [1.82, 2.24) is 4.90 Å². The molecule has 2 aliphatic heterocycles. The number of rotatable bonds is 4. The molecular formula is C11H20ClNO. The molecular weight excluding hydrogens is 198 g/mol. The van der Waals surface area contributed by atoms with Crippen LogP contribution in [-0.2, 0) is 0 Å². The van der Waals surface area contributed by atoms with E-state index in [1.54, 1.807) is 0 Å². The molecule has 0 aromatic rings. The molecule has 3 heteroatoms. The number of aliphatic hydroxyl groups excluding tert-OH is 1. The standard InChI is InChI=1S/C11H20ClNO/c12-5-1-2-6-13-9-3-4-10(13)8-11(14)7-9/h9-11,14H,1-8H2. The molecule has 14 heavy (non-hydrogen) atoms. The molecule has 0 radical (unpaired) electrons. The Morgan fingerprint density at radius 2 is 1.79 bits per heavy atom. The van der Waals surface area contributed by atoms with E-state index in [1.165, 1.54) is 25.8 Å². The fourth-order valence-electron chi connectivity index (χ4n) is 3.00. The van der Waals surface area contributed by atoms with E-state index in [9.17, 15) is 5.11 Å². The lowest BCUT2D eigenvalue weighted by Gasteiger charge is -2.37. The van der Waals surface area contributed by atoms with Crippen molar-refractivity contribution < 1.29 is 5.11 Å². The number of aliphatic hydroxyl groups is 1. The number of hydrogen-bond donors (Lipinski definition) is 1. The minimum Gasteiger partial charge on any atom is -0.393 e. The molecule has 0 aromatic heterocycles. The lowest BCUT2D eigenvalue weighted by atomic mass is 9.99. The van der Waals surface area contributed by atoms with Gasteiger partial charge < -0.3 is 5.11 Å². The van der Waals surface area contributed by atoms with Crippen molar-refractivity contribution in [2.75, 3.05) is 12.4 Å². The predicted molar refractivity (Wildman–Crippen MR) is 58.7 cm³/mol. The van der Waals surface area contributed by atoms with Crippen molar-refractivity contribution in [2.45, 2.75) is 56.7 Å². The van der Waals surface area contributed by atoms with Crippen molar-refractivity contribution in [1.29, 1.82) is 0 Å². The quantitative estimate of drug-likeness (QED) is 0.575. The summed E-state index contributed by atoms with van der Waals surface area (Å²) < 4.78 is 0. The summed E-state index contributed by atoms with van der Waals surface area (Å²) in [7, 11) is 0. The highest BCUT2D eigenvalue weighted by molar-refractivity contribution is 6.17. The minimum atomic E-state index is -0.0308. The summed E-state index contributed by atoms with van der Waals surface area (Å²) >= 11 is 5.67. The minimum absolute atomic E-state index is 0.0308. The number of hydrogen-bond acceptors (Lipinski definition) is 2. The zero-order chi connectivity index (χ0) is 9.97. The second-order valence-corrected chi connectivity index (χ2v) is 5.02. The zero-order valence-corrected chi connectivity index (χ0v) is 9.42. The molecule has 2 rings (SSSR count). The van der Waals surface area contributed by atoms with Crippen molar-refractivity contribution >= 4 is 11.6 Å². The van der Waals surface area contributed by atoms with E-state index in [2.05, 4.69) is 4.90 Å². The third kappa shape index (κ3) is 2.23. The van der Waals surface area contributed by atoms with Gasteiger partial charge in [-0.1, -0.05) is 0 Å². The predicted octanol–water partition coefficient (Wildman–Crippen LogP) is 1.99. The van der Waals surface area contributed by atoms with Crippen molar-refractivity contribution in [3.05, 3.63) is 0 Å². The van der Waals surface area contributed by atoms with Crippen LogP contribution in [0.2, 0.25) is 0 Å². The van der Waals surface area contributed by atoms with Crippen LogP contribution < -0.4 is 0 Å². The molecule has 2 saturated heterocycles. The van der Waals surface area contributed by atoms with Gasteiger partial charge in [0.25, 0.3) is 0 Å². The largest absolute Gasteiger partial charge is 0.393 e. The Kier molecular flexibility index (Phi) is 3.69. The Bertz CT molecular complexity index is 174. The number of fused-ring (bicyclic) bond motifs is 2. The Morgan fingerprint density at radius 1 is 1.14 bits per heavy atom. The Hall–Kier alpha value is 0.210. The topological polar surface area (TPSA) is 23.5 Å². The Balaban J connectivity index is 1.82. The molecule has 0 amide bonds. The maximum absolute atomic E-state index is 9.63.